The van der Waals surface area contributed by atoms with E-state index in [1.807, 2.05) is 19.1 Å². The normalized spacial score (nSPS) is 25.6. The van der Waals surface area contributed by atoms with Crippen molar-refractivity contribution in [2.75, 3.05) is 11.9 Å². The molecule has 4 unspecified atom stereocenters. The number of amides is 2. The van der Waals surface area contributed by atoms with Crippen molar-refractivity contribution < 1.29 is 14.0 Å². The van der Waals surface area contributed by atoms with E-state index in [0.717, 1.165) is 56.2 Å². The van der Waals surface area contributed by atoms with Gasteiger partial charge in [-0.3, -0.25) is 14.6 Å². The van der Waals surface area contributed by atoms with Crippen LogP contribution >= 0.6 is 0 Å². The van der Waals surface area contributed by atoms with E-state index in [1.54, 1.807) is 24.5 Å². The first-order valence-electron chi connectivity index (χ1n) is 14.1. The third kappa shape index (κ3) is 6.60. The maximum absolute atomic E-state index is 13.6. The Hall–Kier alpha value is -2.80. The highest BCUT2D eigenvalue weighted by Crippen LogP contribution is 2.46. The van der Waals surface area contributed by atoms with Gasteiger partial charge in [0.2, 0.25) is 11.8 Å². The van der Waals surface area contributed by atoms with E-state index in [1.165, 1.54) is 12.1 Å². The van der Waals surface area contributed by atoms with Gasteiger partial charge in [0.05, 0.1) is 6.04 Å². The number of carbonyl (C=O) groups is 2. The van der Waals surface area contributed by atoms with Gasteiger partial charge in [0.15, 0.2) is 0 Å². The molecule has 1 heterocycles. The molecule has 2 amide bonds. The quantitative estimate of drug-likeness (QED) is 0.400. The van der Waals surface area contributed by atoms with Crippen molar-refractivity contribution in [1.82, 2.24) is 10.3 Å². The average molecular weight is 523 g/mol. The van der Waals surface area contributed by atoms with Crippen molar-refractivity contribution in [3.8, 4) is 0 Å². The molecule has 4 N–H and O–H groups in total. The van der Waals surface area contributed by atoms with Gasteiger partial charge in [0, 0.05) is 35.5 Å². The standard InChI is InChI=1S/C31H43FN4O2/c1-21(2)16-22-17-23(19-30(3,18-22)29(38)36-26-10-14-34-15-11-26)27(33)28(37)35-20-31(12-4-5-13-31)24-6-8-25(32)9-7-24/h6-11,14-15,21-23,27H,4-5,12-13,16-20,33H2,1-3H3,(H,35,37)(H,34,36,38). The third-order valence-electron chi connectivity index (χ3n) is 8.81. The summed E-state index contributed by atoms with van der Waals surface area (Å²) >= 11 is 0. The first kappa shape index (κ1) is 28.2. The second-order valence-electron chi connectivity index (χ2n) is 12.4. The summed E-state index contributed by atoms with van der Waals surface area (Å²) in [5.74, 6) is 0.278. The molecule has 2 saturated carbocycles. The molecule has 2 fully saturated rings. The van der Waals surface area contributed by atoms with Crippen LogP contribution in [0.2, 0.25) is 0 Å². The number of nitrogens with one attached hydrogen (secondary N) is 2. The van der Waals surface area contributed by atoms with E-state index in [-0.39, 0.29) is 29.0 Å². The van der Waals surface area contributed by atoms with Crippen LogP contribution < -0.4 is 16.4 Å². The van der Waals surface area contributed by atoms with Crippen LogP contribution in [0.15, 0.2) is 48.8 Å². The number of hydrogen-bond acceptors (Lipinski definition) is 4. The summed E-state index contributed by atoms with van der Waals surface area (Å²) in [5, 5.41) is 6.22. The number of benzene rings is 1. The minimum absolute atomic E-state index is 0.0315. The topological polar surface area (TPSA) is 97.1 Å². The van der Waals surface area contributed by atoms with Crippen molar-refractivity contribution in [3.05, 3.63) is 60.2 Å². The number of carbonyl (C=O) groups excluding carboxylic acids is 2. The first-order chi connectivity index (χ1) is 18.1. The van der Waals surface area contributed by atoms with E-state index in [0.29, 0.717) is 24.8 Å². The van der Waals surface area contributed by atoms with Crippen molar-refractivity contribution in [1.29, 1.82) is 0 Å². The minimum atomic E-state index is -0.690. The Labute approximate surface area is 226 Å². The van der Waals surface area contributed by atoms with Crippen molar-refractivity contribution >= 4 is 17.5 Å². The van der Waals surface area contributed by atoms with Crippen LogP contribution in [0.3, 0.4) is 0 Å². The number of pyridine rings is 1. The molecule has 4 rings (SSSR count). The van der Waals surface area contributed by atoms with Crippen LogP contribution in [0.5, 0.6) is 0 Å². The summed E-state index contributed by atoms with van der Waals surface area (Å²) in [5.41, 5.74) is 7.63. The molecule has 38 heavy (non-hydrogen) atoms. The zero-order valence-electron chi connectivity index (χ0n) is 23.0. The second-order valence-corrected chi connectivity index (χ2v) is 12.4. The molecular weight excluding hydrogens is 479 g/mol. The summed E-state index contributed by atoms with van der Waals surface area (Å²) in [6, 6.07) is 9.56. The Morgan fingerprint density at radius 3 is 2.37 bits per heavy atom. The first-order valence-corrected chi connectivity index (χ1v) is 14.1. The Bertz CT molecular complexity index is 1080. The average Bonchev–Trinajstić information content (AvgIpc) is 3.37. The molecule has 4 atom stereocenters. The minimum Gasteiger partial charge on any atom is -0.354 e. The van der Waals surface area contributed by atoms with Gasteiger partial charge in [-0.2, -0.15) is 0 Å². The molecule has 0 radical (unpaired) electrons. The molecule has 2 aromatic rings. The zero-order chi connectivity index (χ0) is 27.3. The molecule has 0 aliphatic heterocycles. The fraction of sp³-hybridized carbons (Fsp3) is 0.581. The van der Waals surface area contributed by atoms with Crippen LogP contribution in [0.25, 0.3) is 0 Å². The fourth-order valence-corrected chi connectivity index (χ4v) is 6.93. The van der Waals surface area contributed by atoms with Crippen molar-refractivity contribution in [2.24, 2.45) is 28.9 Å². The van der Waals surface area contributed by atoms with Crippen LogP contribution in [0.4, 0.5) is 10.1 Å². The molecule has 206 valence electrons. The van der Waals surface area contributed by atoms with E-state index >= 15 is 0 Å². The monoisotopic (exact) mass is 522 g/mol. The lowest BCUT2D eigenvalue weighted by atomic mass is 9.62. The van der Waals surface area contributed by atoms with Gasteiger partial charge in [-0.15, -0.1) is 0 Å². The Balaban J connectivity index is 1.46. The van der Waals surface area contributed by atoms with Crippen LogP contribution in [-0.4, -0.2) is 29.4 Å². The van der Waals surface area contributed by atoms with Crippen LogP contribution in [0, 0.1) is 29.0 Å². The highest BCUT2D eigenvalue weighted by atomic mass is 19.1. The molecule has 0 saturated heterocycles. The lowest BCUT2D eigenvalue weighted by Crippen LogP contribution is -2.53. The SMILES string of the molecule is CC(C)CC1CC(C(N)C(=O)NCC2(c3ccc(F)cc3)CCCC2)CC(C)(C(=O)Nc2ccncc2)C1. The van der Waals surface area contributed by atoms with Crippen LogP contribution in [-0.2, 0) is 15.0 Å². The van der Waals surface area contributed by atoms with Gasteiger partial charge in [-0.25, -0.2) is 4.39 Å². The molecule has 2 aliphatic rings. The molecule has 0 spiro atoms. The molecule has 2 aliphatic carbocycles. The number of hydrogen-bond donors (Lipinski definition) is 3. The van der Waals surface area contributed by atoms with Gasteiger partial charge < -0.3 is 16.4 Å². The Kier molecular flexibility index (Phi) is 8.86. The van der Waals surface area contributed by atoms with Crippen molar-refractivity contribution in [3.63, 3.8) is 0 Å². The number of nitrogens with two attached hydrogens (primary N) is 1. The predicted molar refractivity (Wildman–Crippen MR) is 149 cm³/mol. The van der Waals surface area contributed by atoms with E-state index in [9.17, 15) is 14.0 Å². The maximum atomic E-state index is 13.6. The lowest BCUT2D eigenvalue weighted by Gasteiger charge is -2.43. The van der Waals surface area contributed by atoms with Gasteiger partial charge in [0.25, 0.3) is 0 Å². The summed E-state index contributed by atoms with van der Waals surface area (Å²) in [6.07, 6.45) is 10.6. The maximum Gasteiger partial charge on any atom is 0.237 e. The van der Waals surface area contributed by atoms with Crippen molar-refractivity contribution in [2.45, 2.75) is 83.6 Å². The molecule has 6 nitrogen and oxygen atoms in total. The second kappa shape index (κ2) is 11.9. The highest BCUT2D eigenvalue weighted by Gasteiger charge is 2.45. The van der Waals surface area contributed by atoms with Crippen LogP contribution in [0.1, 0.15) is 77.7 Å². The number of nitrogens with zero attached hydrogens (tertiary/aromatic N) is 1. The smallest absolute Gasteiger partial charge is 0.237 e. The number of aromatic nitrogens is 1. The number of halogens is 1. The summed E-state index contributed by atoms with van der Waals surface area (Å²) < 4.78 is 13.6. The Morgan fingerprint density at radius 1 is 1.08 bits per heavy atom. The highest BCUT2D eigenvalue weighted by molar-refractivity contribution is 5.95. The number of rotatable bonds is 9. The third-order valence-corrected chi connectivity index (χ3v) is 8.81. The van der Waals surface area contributed by atoms with E-state index in [2.05, 4.69) is 29.5 Å². The molecule has 1 aromatic carbocycles. The molecule has 1 aromatic heterocycles. The van der Waals surface area contributed by atoms with E-state index < -0.39 is 11.5 Å². The van der Waals surface area contributed by atoms with Gasteiger partial charge in [-0.1, -0.05) is 45.7 Å². The predicted octanol–water partition coefficient (Wildman–Crippen LogP) is 5.58. The molecular formula is C31H43FN4O2. The molecule has 0 bridgehead atoms. The van der Waals surface area contributed by atoms with E-state index in [4.69, 9.17) is 5.73 Å². The summed E-state index contributed by atoms with van der Waals surface area (Å²) in [7, 11) is 0. The largest absolute Gasteiger partial charge is 0.354 e. The van der Waals surface area contributed by atoms with Gasteiger partial charge >= 0.3 is 0 Å². The zero-order valence-corrected chi connectivity index (χ0v) is 23.0. The molecule has 7 heteroatoms. The Morgan fingerprint density at radius 2 is 1.74 bits per heavy atom. The lowest BCUT2D eigenvalue weighted by molar-refractivity contribution is -0.131. The number of anilines is 1. The summed E-state index contributed by atoms with van der Waals surface area (Å²) in [6.45, 7) is 6.89. The summed E-state index contributed by atoms with van der Waals surface area (Å²) in [4.78, 5) is 30.9. The fourth-order valence-electron chi connectivity index (χ4n) is 6.93. The van der Waals surface area contributed by atoms with Gasteiger partial charge in [-0.05, 0) is 86.1 Å². The van der Waals surface area contributed by atoms with Gasteiger partial charge in [0.1, 0.15) is 5.82 Å².